The highest BCUT2D eigenvalue weighted by molar-refractivity contribution is 14.1. The van der Waals surface area contributed by atoms with Crippen LogP contribution < -0.4 is 51.1 Å². The van der Waals surface area contributed by atoms with Gasteiger partial charge in [-0.3, -0.25) is 0 Å². The molecule has 1 N–H and O–H groups in total. The molecule has 0 radical (unpaired) electrons. The van der Waals surface area contributed by atoms with Crippen LogP contribution in [-0.2, 0) is 0 Å². The summed E-state index contributed by atoms with van der Waals surface area (Å²) < 4.78 is 17.7. The summed E-state index contributed by atoms with van der Waals surface area (Å²) >= 11 is 45.2. The van der Waals surface area contributed by atoms with Crippen LogP contribution in [0.25, 0.3) is 0 Å². The van der Waals surface area contributed by atoms with Crippen LogP contribution >= 0.6 is 461 Å². The number of aromatic carboxylic acids is 10. The Kier molecular flexibility index (Phi) is 57.6. The molecule has 112 heavy (non-hydrogen) atoms. The molecular formula is C70H29Br2I19O21-10. The summed E-state index contributed by atoms with van der Waals surface area (Å²) in [6.07, 6.45) is 0. The second-order valence-electron chi connectivity index (χ2n) is 19.3. The fourth-order valence-electron chi connectivity index (χ4n) is 6.65. The number of hydrogen-bond donors (Lipinski definition) is 1. The third kappa shape index (κ3) is 41.3. The molecule has 0 aromatic heterocycles. The molecule has 42 heteroatoms. The van der Waals surface area contributed by atoms with Gasteiger partial charge in [-0.15, -0.1) is 0 Å². The first kappa shape index (κ1) is 112. The van der Waals surface area contributed by atoms with Gasteiger partial charge < -0.3 is 99.3 Å². The Bertz CT molecular complexity index is 5020. The van der Waals surface area contributed by atoms with E-state index >= 15 is 0 Å². The molecule has 0 amide bonds. The Morgan fingerprint density at radius 2 is 0.607 bits per heavy atom. The van der Waals surface area contributed by atoms with Crippen molar-refractivity contribution >= 4 is 521 Å². The molecule has 0 aliphatic rings. The molecule has 0 saturated carbocycles. The van der Waals surface area contributed by atoms with E-state index in [4.69, 9.17) is 5.11 Å². The number of hydrogen-bond acceptors (Lipinski definition) is 20. The zero-order chi connectivity index (χ0) is 86.0. The van der Waals surface area contributed by atoms with Crippen LogP contribution in [0.3, 0.4) is 0 Å². The highest BCUT2D eigenvalue weighted by atomic mass is 127. The van der Waals surface area contributed by atoms with Crippen LogP contribution in [0.1, 0.15) is 104 Å². The van der Waals surface area contributed by atoms with Gasteiger partial charge in [-0.05, 0) is 556 Å². The van der Waals surface area contributed by atoms with Crippen molar-refractivity contribution in [1.82, 2.24) is 0 Å². The fourth-order valence-corrected chi connectivity index (χ4v) is 20.8. The normalized spacial score (nSPS) is 9.69. The molecule has 0 heterocycles. The lowest BCUT2D eigenvalue weighted by atomic mass is 10.2. The van der Waals surface area contributed by atoms with Crippen LogP contribution in [0.2, 0.25) is 0 Å². The van der Waals surface area contributed by atoms with Crippen LogP contribution in [-0.4, -0.2) is 64.8 Å². The predicted octanol–water partition coefficient (Wildman–Crippen LogP) is 13.9. The molecule has 0 bridgehead atoms. The Labute approximate surface area is 914 Å². The number of carboxylic acid groups (broad SMARTS) is 10. The number of benzene rings is 10. The van der Waals surface area contributed by atoms with Gasteiger partial charge >= 0.3 is 5.97 Å². The van der Waals surface area contributed by atoms with Crippen molar-refractivity contribution in [3.63, 3.8) is 0 Å². The second-order valence-corrected chi connectivity index (χ2v) is 43.1. The van der Waals surface area contributed by atoms with Crippen LogP contribution in [0.5, 0.6) is 5.75 Å². The van der Waals surface area contributed by atoms with E-state index in [2.05, 4.69) is 258 Å². The lowest BCUT2D eigenvalue weighted by molar-refractivity contribution is -0.269. The lowest BCUT2D eigenvalue weighted by Gasteiger charge is -2.09. The number of carbonyl (C=O) groups is 10. The maximum Gasteiger partial charge on any atom is 0.335 e. The Morgan fingerprint density at radius 3 is 1.04 bits per heavy atom. The highest BCUT2D eigenvalue weighted by Gasteiger charge is 2.12. The highest BCUT2D eigenvalue weighted by Crippen LogP contribution is 2.28. The standard InChI is InChI=1S/C7H5BrO3.C7H5BrO2.3C7H3I3O2.5C7H4I2O2/c8-4-1-2-5(7(10)11)6(9)3-4;8-6-3-1-5(2-4-6)7(9)10;8-3-1-4(7(11)12)6(10)5(9)2-3;8-3-1-2-4(9)6(10)5(3)7(11)12;8-4-2-1-3(7(11)12)5(9)6(4)10;8-4-1-2-6(9)5(3-4)7(10)11;8-4-1-2-5(7(10)11)6(9)3-4;8-5-2-1-4(7(10)11)3-6(5)9;8-4-2-1-3-5(9)6(4)7(10)11;8-5-3-1-2-4(6(5)9)7(10)11/h1-3,9H,(H,10,11);1-4H,(H,9,10);3*1-2H,(H,11,12);5*1-3H,(H,10,11)/p-10. The Hall–Kier alpha value is 1.53. The maximum atomic E-state index is 10.9. The third-order valence-electron chi connectivity index (χ3n) is 11.8. The average Bonchev–Trinajstić information content (AvgIpc) is 0.835. The first-order valence-electron chi connectivity index (χ1n) is 28.0. The van der Waals surface area contributed by atoms with E-state index in [9.17, 15) is 99.0 Å². The number of rotatable bonds is 10. The van der Waals surface area contributed by atoms with E-state index in [0.717, 1.165) is 68.7 Å². The SMILES string of the molecule is O=C(O)c1ccc(Br)cc1[O-].O=C([O-])c1c(I)ccc(I)c1I.O=C([O-])c1c(I)cccc1I.O=C([O-])c1cc(I)cc(I)c1I.O=C([O-])c1cc(I)ccc1I.O=C([O-])c1ccc(Br)cc1.O=C([O-])c1ccc(I)c(I)c1.O=C([O-])c1ccc(I)c(I)c1I.O=C([O-])c1ccc(I)cc1I.O=C([O-])c1cccc(I)c1I. The zero-order valence-corrected chi connectivity index (χ0v) is 97.9. The smallest absolute Gasteiger partial charge is 0.335 e. The topological polar surface area (TPSA) is 422 Å². The molecule has 0 spiro atoms. The van der Waals surface area contributed by atoms with Gasteiger partial charge in [-0.1, -0.05) is 92.2 Å². The van der Waals surface area contributed by atoms with Crippen LogP contribution in [0.15, 0.2) is 179 Å². The molecular weight excluding hydrogens is 3750 g/mol. The molecule has 0 fully saturated rings. The minimum absolute atomic E-state index is 0.197. The molecule has 592 valence electrons. The van der Waals surface area contributed by atoms with Gasteiger partial charge in [0.05, 0.1) is 59.3 Å². The minimum Gasteiger partial charge on any atom is -0.872 e. The summed E-state index contributed by atoms with van der Waals surface area (Å²) in [5.41, 5.74) is 2.12. The number of carbonyl (C=O) groups excluding carboxylic acids is 9. The molecule has 0 saturated heterocycles. The van der Waals surface area contributed by atoms with Gasteiger partial charge in [-0.2, -0.15) is 0 Å². The van der Waals surface area contributed by atoms with Crippen molar-refractivity contribution in [3.05, 3.63) is 302 Å². The summed E-state index contributed by atoms with van der Waals surface area (Å²) in [5, 5.41) is 114. The summed E-state index contributed by atoms with van der Waals surface area (Å²) in [6.45, 7) is 0. The van der Waals surface area contributed by atoms with Gasteiger partial charge in [0.15, 0.2) is 0 Å². The molecule has 0 atom stereocenters. The molecule has 10 rings (SSSR count). The van der Waals surface area contributed by atoms with Crippen LogP contribution in [0.4, 0.5) is 0 Å². The van der Waals surface area contributed by atoms with Gasteiger partial charge in [0, 0.05) is 116 Å². The van der Waals surface area contributed by atoms with Gasteiger partial charge in [0.1, 0.15) is 0 Å². The minimum atomic E-state index is -1.19. The summed E-state index contributed by atoms with van der Waals surface area (Å²) in [6, 6.07) is 46.4. The predicted molar refractivity (Wildman–Crippen MR) is 567 cm³/mol. The average molecular weight is 3780 g/mol. The summed E-state index contributed by atoms with van der Waals surface area (Å²) in [7, 11) is 0. The van der Waals surface area contributed by atoms with Crippen molar-refractivity contribution in [2.24, 2.45) is 0 Å². The second kappa shape index (κ2) is 57.9. The van der Waals surface area contributed by atoms with Gasteiger partial charge in [0.25, 0.3) is 0 Å². The summed E-state index contributed by atoms with van der Waals surface area (Å²) in [5.74, 6) is -11.8. The molecule has 10 aromatic rings. The Balaban J connectivity index is 0.000000622. The molecule has 0 unspecified atom stereocenters. The molecule has 10 aromatic carbocycles. The molecule has 0 aliphatic carbocycles. The quantitative estimate of drug-likeness (QED) is 0.0755. The Morgan fingerprint density at radius 1 is 0.241 bits per heavy atom. The maximum absolute atomic E-state index is 10.9. The van der Waals surface area contributed by atoms with Crippen molar-refractivity contribution < 1.29 is 104 Å². The van der Waals surface area contributed by atoms with Gasteiger partial charge in [-0.25, -0.2) is 4.79 Å². The lowest BCUT2D eigenvalue weighted by Crippen LogP contribution is -2.24. The van der Waals surface area contributed by atoms with E-state index < -0.39 is 65.4 Å². The number of halogens is 21. The number of carboxylic acids is 10. The van der Waals surface area contributed by atoms with Crippen molar-refractivity contribution in [2.75, 3.05) is 0 Å². The van der Waals surface area contributed by atoms with E-state index in [0.29, 0.717) is 13.6 Å². The first-order valence-corrected chi connectivity index (χ1v) is 50.1. The van der Waals surface area contributed by atoms with Crippen molar-refractivity contribution in [1.29, 1.82) is 0 Å². The zero-order valence-electron chi connectivity index (χ0n) is 53.7. The first-order chi connectivity index (χ1) is 52.0. The fraction of sp³-hybridized carbons (Fsp3) is 0. The molecule has 21 nitrogen and oxygen atoms in total. The van der Waals surface area contributed by atoms with E-state index in [-0.39, 0.29) is 50.1 Å². The molecule has 0 aliphatic heterocycles. The largest absolute Gasteiger partial charge is 0.872 e. The van der Waals surface area contributed by atoms with Gasteiger partial charge in [0.2, 0.25) is 0 Å². The summed E-state index contributed by atoms with van der Waals surface area (Å²) in [4.78, 5) is 105. The van der Waals surface area contributed by atoms with E-state index in [1.165, 1.54) is 30.3 Å². The van der Waals surface area contributed by atoms with Crippen LogP contribution in [0, 0.1) is 67.8 Å². The van der Waals surface area contributed by atoms with E-state index in [1.54, 1.807) is 109 Å². The van der Waals surface area contributed by atoms with Crippen molar-refractivity contribution in [3.8, 4) is 5.75 Å². The monoisotopic (exact) mass is 3770 g/mol. The third-order valence-corrected chi connectivity index (χ3v) is 36.5. The van der Waals surface area contributed by atoms with Crippen molar-refractivity contribution in [2.45, 2.75) is 0 Å². The van der Waals surface area contributed by atoms with E-state index in [1.807, 2.05) is 234 Å².